The summed E-state index contributed by atoms with van der Waals surface area (Å²) in [4.78, 5) is 63.2. The average molecular weight is 458 g/mol. The molecular weight excluding hydrogens is 440 g/mol. The molecule has 1 saturated heterocycles. The van der Waals surface area contributed by atoms with Crippen molar-refractivity contribution >= 4 is 45.7 Å². The van der Waals surface area contributed by atoms with Gasteiger partial charge in [-0.1, -0.05) is 0 Å². The van der Waals surface area contributed by atoms with E-state index in [0.717, 1.165) is 22.2 Å². The number of likely N-dealkylation sites (N-methyl/N-ethyl adjacent to an activating group) is 1. The molecule has 12 heteroatoms. The maximum Gasteiger partial charge on any atom is 0.330 e. The minimum Gasteiger partial charge on any atom is -0.340 e. The first kappa shape index (κ1) is 19.0. The Bertz CT molecular complexity index is 1630. The number of imide groups is 1. The smallest absolute Gasteiger partial charge is 0.330 e. The Morgan fingerprint density at radius 2 is 1.88 bits per heavy atom. The zero-order chi connectivity index (χ0) is 23.4. The number of pyridine rings is 1. The lowest BCUT2D eigenvalue weighted by atomic mass is 9.95. The maximum absolute atomic E-state index is 13.1. The van der Waals surface area contributed by atoms with Gasteiger partial charge in [0, 0.05) is 26.1 Å². The number of hydrogen-bond donors (Lipinski definition) is 3. The second-order valence-corrected chi connectivity index (χ2v) is 9.06. The first-order valence-corrected chi connectivity index (χ1v) is 10.8. The normalized spacial score (nSPS) is 18.3. The highest BCUT2D eigenvalue weighted by Gasteiger charge is 2.54. The molecule has 3 aliphatic rings. The van der Waals surface area contributed by atoms with Crippen molar-refractivity contribution in [3.05, 3.63) is 51.8 Å². The zero-order valence-corrected chi connectivity index (χ0v) is 18.0. The molecule has 1 unspecified atom stereocenters. The molecule has 7 rings (SSSR count). The van der Waals surface area contributed by atoms with Gasteiger partial charge < -0.3 is 15.2 Å². The van der Waals surface area contributed by atoms with E-state index in [2.05, 4.69) is 25.6 Å². The molecule has 0 bridgehead atoms. The first-order chi connectivity index (χ1) is 16.3. The number of benzene rings is 1. The number of fused-ring (bicyclic) bond motifs is 2. The molecule has 1 atom stereocenters. The molecule has 1 spiro atoms. The number of carbonyl (C=O) groups is 3. The van der Waals surface area contributed by atoms with E-state index in [0.29, 0.717) is 35.5 Å². The fourth-order valence-corrected chi connectivity index (χ4v) is 5.46. The van der Waals surface area contributed by atoms with Crippen LogP contribution in [-0.4, -0.2) is 59.4 Å². The van der Waals surface area contributed by atoms with Crippen LogP contribution in [0.15, 0.2) is 29.2 Å². The molecule has 5 heterocycles. The SMILES string of the molecule is CN1C(=O)NC(=O)C12Cc1cc3nc(Cn4c(=O)n5c6c(nccc64)NC(=O)C5)[nH]c3cc1C2. The Morgan fingerprint density at radius 1 is 1.09 bits per heavy atom. The van der Waals surface area contributed by atoms with Gasteiger partial charge in [-0.15, -0.1) is 0 Å². The Balaban J connectivity index is 1.27. The number of carbonyl (C=O) groups excluding carboxylic acids is 3. The van der Waals surface area contributed by atoms with Gasteiger partial charge in [0.1, 0.15) is 23.4 Å². The third-order valence-corrected chi connectivity index (χ3v) is 7.20. The fourth-order valence-electron chi connectivity index (χ4n) is 5.46. The van der Waals surface area contributed by atoms with E-state index >= 15 is 0 Å². The molecule has 3 aromatic heterocycles. The standard InChI is InChI=1S/C22H18N8O4/c1-28-20(33)27-19(32)22(28)6-10-4-12-13(5-11(10)7-22)25-15(24-12)8-29-14-2-3-23-18-17(14)30(21(29)34)9-16(31)26-18/h2-5H,6-9H2,1H3,(H,24,25)(H,23,26,31)(H,27,32,33). The third-order valence-electron chi connectivity index (χ3n) is 7.20. The van der Waals surface area contributed by atoms with E-state index in [9.17, 15) is 19.2 Å². The molecular formula is C22H18N8O4. The van der Waals surface area contributed by atoms with Gasteiger partial charge in [0.25, 0.3) is 5.91 Å². The van der Waals surface area contributed by atoms with Crippen LogP contribution in [-0.2, 0) is 35.5 Å². The van der Waals surface area contributed by atoms with Gasteiger partial charge in [0.2, 0.25) is 5.91 Å². The number of amides is 4. The summed E-state index contributed by atoms with van der Waals surface area (Å²) in [7, 11) is 1.64. The number of rotatable bonds is 2. The molecule has 1 aromatic carbocycles. The Kier molecular flexibility index (Phi) is 3.41. The number of hydrogen-bond acceptors (Lipinski definition) is 6. The molecule has 0 saturated carbocycles. The van der Waals surface area contributed by atoms with Crippen molar-refractivity contribution in [1.82, 2.24) is 34.3 Å². The van der Waals surface area contributed by atoms with Crippen molar-refractivity contribution in [1.29, 1.82) is 0 Å². The second-order valence-electron chi connectivity index (χ2n) is 9.06. The summed E-state index contributed by atoms with van der Waals surface area (Å²) in [6.07, 6.45) is 2.42. The summed E-state index contributed by atoms with van der Waals surface area (Å²) in [5, 5.41) is 5.11. The molecule has 1 fully saturated rings. The predicted molar refractivity (Wildman–Crippen MR) is 119 cm³/mol. The van der Waals surface area contributed by atoms with E-state index in [4.69, 9.17) is 0 Å². The van der Waals surface area contributed by atoms with E-state index in [1.807, 2.05) is 12.1 Å². The van der Waals surface area contributed by atoms with Crippen molar-refractivity contribution in [2.75, 3.05) is 12.4 Å². The number of nitrogens with one attached hydrogen (secondary N) is 3. The summed E-state index contributed by atoms with van der Waals surface area (Å²) >= 11 is 0. The van der Waals surface area contributed by atoms with Gasteiger partial charge in [0.05, 0.1) is 23.1 Å². The van der Waals surface area contributed by atoms with Crippen molar-refractivity contribution in [2.24, 2.45) is 0 Å². The predicted octanol–water partition coefficient (Wildman–Crippen LogP) is 0.0937. The van der Waals surface area contributed by atoms with Crippen molar-refractivity contribution in [3.63, 3.8) is 0 Å². The van der Waals surface area contributed by atoms with Gasteiger partial charge in [-0.2, -0.15) is 0 Å². The summed E-state index contributed by atoms with van der Waals surface area (Å²) in [6.45, 7) is 0.142. The highest BCUT2D eigenvalue weighted by molar-refractivity contribution is 6.08. The quantitative estimate of drug-likeness (QED) is 0.363. The number of imidazole rings is 2. The van der Waals surface area contributed by atoms with Crippen molar-refractivity contribution < 1.29 is 14.4 Å². The molecule has 170 valence electrons. The zero-order valence-electron chi connectivity index (χ0n) is 18.0. The number of H-pyrrole nitrogens is 1. The Hall–Kier alpha value is -4.48. The summed E-state index contributed by atoms with van der Waals surface area (Å²) < 4.78 is 3.00. The fraction of sp³-hybridized carbons (Fsp3) is 0.273. The van der Waals surface area contributed by atoms with Crippen LogP contribution < -0.4 is 16.3 Å². The number of urea groups is 1. The van der Waals surface area contributed by atoms with E-state index in [1.54, 1.807) is 23.9 Å². The van der Waals surface area contributed by atoms with Crippen molar-refractivity contribution in [2.45, 2.75) is 31.5 Å². The van der Waals surface area contributed by atoms with Crippen LogP contribution in [0.5, 0.6) is 0 Å². The summed E-state index contributed by atoms with van der Waals surface area (Å²) in [5.74, 6) is 0.409. The van der Waals surface area contributed by atoms with Crippen LogP contribution in [0, 0.1) is 0 Å². The maximum atomic E-state index is 13.1. The molecule has 4 amide bonds. The molecule has 34 heavy (non-hydrogen) atoms. The number of anilines is 1. The van der Waals surface area contributed by atoms with E-state index < -0.39 is 5.54 Å². The molecule has 4 aromatic rings. The van der Waals surface area contributed by atoms with Gasteiger partial charge in [-0.3, -0.25) is 24.0 Å². The van der Waals surface area contributed by atoms with Gasteiger partial charge in [-0.05, 0) is 29.3 Å². The average Bonchev–Trinajstić information content (AvgIpc) is 3.50. The van der Waals surface area contributed by atoms with Gasteiger partial charge in [0.15, 0.2) is 5.82 Å². The van der Waals surface area contributed by atoms with Crippen LogP contribution in [0.4, 0.5) is 10.6 Å². The molecule has 0 radical (unpaired) electrons. The minimum atomic E-state index is -0.889. The minimum absolute atomic E-state index is 0.0554. The second kappa shape index (κ2) is 6.10. The largest absolute Gasteiger partial charge is 0.340 e. The van der Waals surface area contributed by atoms with Crippen LogP contribution >= 0.6 is 0 Å². The third kappa shape index (κ3) is 2.31. The number of nitrogens with zero attached hydrogens (tertiary/aromatic N) is 5. The van der Waals surface area contributed by atoms with Crippen LogP contribution in [0.25, 0.3) is 22.1 Å². The monoisotopic (exact) mass is 458 g/mol. The van der Waals surface area contributed by atoms with E-state index in [1.165, 1.54) is 9.47 Å². The Labute approximate surface area is 190 Å². The number of aromatic nitrogens is 5. The summed E-state index contributed by atoms with van der Waals surface area (Å²) in [5.41, 5.74) is 3.54. The highest BCUT2D eigenvalue weighted by atomic mass is 16.2. The highest BCUT2D eigenvalue weighted by Crippen LogP contribution is 2.38. The van der Waals surface area contributed by atoms with E-state index in [-0.39, 0.29) is 36.6 Å². The summed E-state index contributed by atoms with van der Waals surface area (Å²) in [6, 6.07) is 5.27. The van der Waals surface area contributed by atoms with Gasteiger partial charge in [-0.25, -0.2) is 19.6 Å². The molecule has 12 nitrogen and oxygen atoms in total. The lowest BCUT2D eigenvalue weighted by molar-refractivity contribution is -0.125. The lowest BCUT2D eigenvalue weighted by Gasteiger charge is -2.27. The molecule has 1 aliphatic carbocycles. The van der Waals surface area contributed by atoms with Crippen LogP contribution in [0.2, 0.25) is 0 Å². The first-order valence-electron chi connectivity index (χ1n) is 10.8. The molecule has 3 N–H and O–H groups in total. The van der Waals surface area contributed by atoms with Crippen LogP contribution in [0.3, 0.4) is 0 Å². The number of aromatic amines is 1. The van der Waals surface area contributed by atoms with Gasteiger partial charge >= 0.3 is 11.7 Å². The van der Waals surface area contributed by atoms with Crippen molar-refractivity contribution in [3.8, 4) is 0 Å². The lowest BCUT2D eigenvalue weighted by Crippen LogP contribution is -2.48. The topological polar surface area (TPSA) is 147 Å². The van der Waals surface area contributed by atoms with Crippen LogP contribution in [0.1, 0.15) is 17.0 Å². The Morgan fingerprint density at radius 3 is 2.65 bits per heavy atom. The molecule has 2 aliphatic heterocycles.